The number of hydrogen-bond acceptors (Lipinski definition) is 2. The Labute approximate surface area is 218 Å². The Hall–Kier alpha value is -3.23. The van der Waals surface area contributed by atoms with Gasteiger partial charge in [0.15, 0.2) is 0 Å². The van der Waals surface area contributed by atoms with Crippen LogP contribution in [0.15, 0.2) is 83.3 Å². The van der Waals surface area contributed by atoms with Crippen molar-refractivity contribution in [3.05, 3.63) is 101 Å². The minimum Gasteiger partial charge on any atom is -0.456 e. The molecular weight excluding hydrogens is 462 g/mol. The summed E-state index contributed by atoms with van der Waals surface area (Å²) in [6.07, 6.45) is 2.37. The summed E-state index contributed by atoms with van der Waals surface area (Å²) in [5.74, 6) is 0. The molecule has 1 aliphatic carbocycles. The van der Waals surface area contributed by atoms with Gasteiger partial charge in [0, 0.05) is 21.8 Å². The fourth-order valence-corrected chi connectivity index (χ4v) is 6.22. The SMILES string of the molecule is Cc1cc(Cl)cc(N(c2ccc3c(c2)C(C)(C)CCC3(C)C)c2cccc3oc4ccccc4c23)c1. The molecule has 6 rings (SSSR count). The number of para-hydroxylation sites is 1. The van der Waals surface area contributed by atoms with Gasteiger partial charge in [0.25, 0.3) is 0 Å². The maximum Gasteiger partial charge on any atom is 0.137 e. The molecule has 0 atom stereocenters. The van der Waals surface area contributed by atoms with Gasteiger partial charge in [-0.25, -0.2) is 0 Å². The van der Waals surface area contributed by atoms with Gasteiger partial charge in [-0.3, -0.25) is 0 Å². The lowest BCUT2D eigenvalue weighted by Crippen LogP contribution is -2.34. The van der Waals surface area contributed by atoms with E-state index in [0.29, 0.717) is 0 Å². The molecule has 182 valence electrons. The minimum absolute atomic E-state index is 0.116. The third-order valence-corrected chi connectivity index (χ3v) is 8.22. The van der Waals surface area contributed by atoms with Crippen molar-refractivity contribution < 1.29 is 4.42 Å². The summed E-state index contributed by atoms with van der Waals surface area (Å²) in [6, 6.07) is 27.9. The summed E-state index contributed by atoms with van der Waals surface area (Å²) in [7, 11) is 0. The highest BCUT2D eigenvalue weighted by atomic mass is 35.5. The Morgan fingerprint density at radius 3 is 2.22 bits per heavy atom. The number of nitrogens with zero attached hydrogens (tertiary/aromatic N) is 1. The molecule has 0 saturated heterocycles. The first-order valence-corrected chi connectivity index (χ1v) is 13.1. The van der Waals surface area contributed by atoms with Crippen LogP contribution >= 0.6 is 11.6 Å². The smallest absolute Gasteiger partial charge is 0.137 e. The molecule has 0 bridgehead atoms. The lowest BCUT2D eigenvalue weighted by atomic mass is 9.63. The number of hydrogen-bond donors (Lipinski definition) is 0. The van der Waals surface area contributed by atoms with E-state index in [-0.39, 0.29) is 10.8 Å². The molecule has 36 heavy (non-hydrogen) atoms. The van der Waals surface area contributed by atoms with E-state index in [4.69, 9.17) is 16.0 Å². The summed E-state index contributed by atoms with van der Waals surface area (Å²) < 4.78 is 6.26. The molecule has 0 fully saturated rings. The topological polar surface area (TPSA) is 16.4 Å². The van der Waals surface area contributed by atoms with E-state index < -0.39 is 0 Å². The van der Waals surface area contributed by atoms with Gasteiger partial charge >= 0.3 is 0 Å². The number of halogens is 1. The van der Waals surface area contributed by atoms with Gasteiger partial charge in [0.1, 0.15) is 11.2 Å². The van der Waals surface area contributed by atoms with Crippen molar-refractivity contribution in [3.8, 4) is 0 Å². The highest BCUT2D eigenvalue weighted by molar-refractivity contribution is 6.31. The zero-order chi connectivity index (χ0) is 25.2. The Kier molecular flexibility index (Phi) is 5.25. The summed E-state index contributed by atoms with van der Waals surface area (Å²) in [5, 5.41) is 2.97. The predicted molar refractivity (Wildman–Crippen MR) is 153 cm³/mol. The van der Waals surface area contributed by atoms with Crippen LogP contribution in [-0.4, -0.2) is 0 Å². The zero-order valence-electron chi connectivity index (χ0n) is 21.7. The highest BCUT2D eigenvalue weighted by Gasteiger charge is 2.37. The van der Waals surface area contributed by atoms with Crippen molar-refractivity contribution in [2.24, 2.45) is 0 Å². The fraction of sp³-hybridized carbons (Fsp3) is 0.273. The van der Waals surface area contributed by atoms with Crippen LogP contribution < -0.4 is 4.90 Å². The quantitative estimate of drug-likeness (QED) is 0.248. The predicted octanol–water partition coefficient (Wildman–Crippen LogP) is 10.4. The van der Waals surface area contributed by atoms with E-state index in [9.17, 15) is 0 Å². The monoisotopic (exact) mass is 493 g/mol. The number of fused-ring (bicyclic) bond motifs is 4. The number of furan rings is 1. The van der Waals surface area contributed by atoms with Crippen molar-refractivity contribution in [2.75, 3.05) is 4.90 Å². The van der Waals surface area contributed by atoms with Crippen molar-refractivity contribution >= 4 is 50.6 Å². The first-order chi connectivity index (χ1) is 17.1. The zero-order valence-corrected chi connectivity index (χ0v) is 22.4. The molecule has 1 aromatic heterocycles. The molecule has 0 radical (unpaired) electrons. The van der Waals surface area contributed by atoms with Crippen LogP contribution in [0.5, 0.6) is 0 Å². The van der Waals surface area contributed by atoms with Gasteiger partial charge in [0.05, 0.1) is 11.1 Å². The molecule has 0 aliphatic heterocycles. The molecule has 4 aromatic carbocycles. The van der Waals surface area contributed by atoms with E-state index in [0.717, 1.165) is 49.6 Å². The molecule has 1 heterocycles. The Bertz CT molecular complexity index is 1600. The Balaban J connectivity index is 1.67. The molecule has 2 nitrogen and oxygen atoms in total. The van der Waals surface area contributed by atoms with Crippen molar-refractivity contribution in [1.82, 2.24) is 0 Å². The van der Waals surface area contributed by atoms with Gasteiger partial charge in [-0.15, -0.1) is 0 Å². The van der Waals surface area contributed by atoms with E-state index >= 15 is 0 Å². The van der Waals surface area contributed by atoms with Crippen molar-refractivity contribution in [3.63, 3.8) is 0 Å². The first kappa shape index (κ1) is 23.2. The van der Waals surface area contributed by atoms with E-state index in [1.54, 1.807) is 0 Å². The Morgan fingerprint density at radius 1 is 0.722 bits per heavy atom. The maximum atomic E-state index is 6.61. The number of benzene rings is 4. The average Bonchev–Trinajstić information content (AvgIpc) is 3.21. The Morgan fingerprint density at radius 2 is 1.44 bits per heavy atom. The van der Waals surface area contributed by atoms with Crippen LogP contribution in [0, 0.1) is 6.92 Å². The fourth-order valence-electron chi connectivity index (χ4n) is 5.93. The van der Waals surface area contributed by atoms with Gasteiger partial charge in [-0.05, 0) is 95.8 Å². The molecule has 0 spiro atoms. The summed E-state index contributed by atoms with van der Waals surface area (Å²) in [4.78, 5) is 2.35. The number of rotatable bonds is 3. The van der Waals surface area contributed by atoms with Gasteiger partial charge < -0.3 is 9.32 Å². The molecule has 0 N–H and O–H groups in total. The molecule has 0 amide bonds. The van der Waals surface area contributed by atoms with Gasteiger partial charge in [-0.2, -0.15) is 0 Å². The first-order valence-electron chi connectivity index (χ1n) is 12.8. The second-order valence-corrected chi connectivity index (χ2v) is 12.0. The van der Waals surface area contributed by atoms with E-state index in [1.165, 1.54) is 24.0 Å². The lowest BCUT2D eigenvalue weighted by molar-refractivity contribution is 0.332. The highest BCUT2D eigenvalue weighted by Crippen LogP contribution is 2.49. The molecule has 5 aromatic rings. The van der Waals surface area contributed by atoms with E-state index in [2.05, 4.69) is 100 Å². The van der Waals surface area contributed by atoms with Crippen molar-refractivity contribution in [1.29, 1.82) is 0 Å². The van der Waals surface area contributed by atoms with Crippen LogP contribution in [0.4, 0.5) is 17.1 Å². The van der Waals surface area contributed by atoms with Crippen LogP contribution in [-0.2, 0) is 10.8 Å². The normalized spacial score (nSPS) is 16.3. The third kappa shape index (κ3) is 3.71. The molecule has 0 saturated carbocycles. The largest absolute Gasteiger partial charge is 0.456 e. The minimum atomic E-state index is 0.116. The van der Waals surface area contributed by atoms with Crippen molar-refractivity contribution in [2.45, 2.75) is 58.3 Å². The third-order valence-electron chi connectivity index (χ3n) is 8.00. The van der Waals surface area contributed by atoms with Crippen LogP contribution in [0.25, 0.3) is 21.9 Å². The molecule has 3 heteroatoms. The summed E-state index contributed by atoms with van der Waals surface area (Å²) >= 11 is 6.61. The summed E-state index contributed by atoms with van der Waals surface area (Å²) in [5.41, 5.74) is 9.36. The van der Waals surface area contributed by atoms with E-state index in [1.807, 2.05) is 18.2 Å². The molecule has 0 unspecified atom stereocenters. The summed E-state index contributed by atoms with van der Waals surface area (Å²) in [6.45, 7) is 11.6. The van der Waals surface area contributed by atoms with Crippen LogP contribution in [0.1, 0.15) is 57.2 Å². The molecule has 1 aliphatic rings. The average molecular weight is 494 g/mol. The second-order valence-electron chi connectivity index (χ2n) is 11.6. The lowest BCUT2D eigenvalue weighted by Gasteiger charge is -2.42. The van der Waals surface area contributed by atoms with Gasteiger partial charge in [0.2, 0.25) is 0 Å². The standard InChI is InChI=1S/C33H32ClNO/c1-21-17-22(34)19-24(18-21)35(23-13-14-26-27(20-23)33(4,5)16-15-32(26,2)3)28-10-8-12-30-31(28)25-9-6-7-11-29(25)36-30/h6-14,17-20H,15-16H2,1-5H3. The van der Waals surface area contributed by atoms with Crippen LogP contribution in [0.3, 0.4) is 0 Å². The van der Waals surface area contributed by atoms with Crippen LogP contribution in [0.2, 0.25) is 5.02 Å². The van der Waals surface area contributed by atoms with Gasteiger partial charge in [-0.1, -0.05) is 69.6 Å². The number of anilines is 3. The number of aryl methyl sites for hydroxylation is 1. The molecular formula is C33H32ClNO. The second kappa shape index (κ2) is 8.15. The maximum absolute atomic E-state index is 6.61.